The van der Waals surface area contributed by atoms with Crippen LogP contribution in [0.2, 0.25) is 0 Å². The number of hydrogen-bond acceptors (Lipinski definition) is 3. The Morgan fingerprint density at radius 1 is 1.04 bits per heavy atom. The molecule has 1 saturated carbocycles. The molecule has 0 radical (unpaired) electrons. The van der Waals surface area contributed by atoms with Gasteiger partial charge in [0.2, 0.25) is 5.91 Å². The van der Waals surface area contributed by atoms with Crippen LogP contribution in [-0.4, -0.2) is 20.4 Å². The Balaban J connectivity index is 1.76. The Bertz CT molecular complexity index is 903. The zero-order chi connectivity index (χ0) is 18.9. The van der Waals surface area contributed by atoms with Crippen LogP contribution < -0.4 is 10.0 Å². The second-order valence-electron chi connectivity index (χ2n) is 6.85. The van der Waals surface area contributed by atoms with Crippen LogP contribution in [0.4, 0.5) is 5.69 Å². The quantitative estimate of drug-likeness (QED) is 0.722. The summed E-state index contributed by atoms with van der Waals surface area (Å²) in [5.74, 6) is 0.0377. The predicted octanol–water partition coefficient (Wildman–Crippen LogP) is 3.81. The van der Waals surface area contributed by atoms with E-state index in [4.69, 9.17) is 0 Å². The third kappa shape index (κ3) is 3.94. The van der Waals surface area contributed by atoms with Crippen LogP contribution in [0.3, 0.4) is 0 Å². The van der Waals surface area contributed by atoms with Crippen LogP contribution in [0, 0.1) is 0 Å². The lowest BCUT2D eigenvalue weighted by molar-refractivity contribution is -0.124. The van der Waals surface area contributed by atoms with Crippen molar-refractivity contribution in [1.29, 1.82) is 0 Å². The van der Waals surface area contributed by atoms with Crippen molar-refractivity contribution in [2.45, 2.75) is 43.0 Å². The fourth-order valence-corrected chi connectivity index (χ4v) is 4.18. The first-order valence-electron chi connectivity index (χ1n) is 8.43. The largest absolute Gasteiger partial charge is 0.353 e. The van der Waals surface area contributed by atoms with Crippen molar-refractivity contribution in [2.75, 3.05) is 4.72 Å². The van der Waals surface area contributed by atoms with E-state index in [-0.39, 0.29) is 16.8 Å². The number of benzene rings is 2. The molecule has 5 nitrogen and oxygen atoms in total. The van der Waals surface area contributed by atoms with Crippen LogP contribution in [0.15, 0.2) is 57.9 Å². The fraction of sp³-hybridized carbons (Fsp3) is 0.316. The second-order valence-corrected chi connectivity index (χ2v) is 9.45. The van der Waals surface area contributed by atoms with E-state index < -0.39 is 15.4 Å². The van der Waals surface area contributed by atoms with Gasteiger partial charge < -0.3 is 5.32 Å². The highest BCUT2D eigenvalue weighted by molar-refractivity contribution is 9.10. The van der Waals surface area contributed by atoms with Crippen molar-refractivity contribution in [3.63, 3.8) is 0 Å². The summed E-state index contributed by atoms with van der Waals surface area (Å²) in [5.41, 5.74) is 0.923. The summed E-state index contributed by atoms with van der Waals surface area (Å²) in [6.07, 6.45) is 1.63. The number of hydrogen-bond donors (Lipinski definition) is 2. The van der Waals surface area contributed by atoms with Crippen molar-refractivity contribution in [3.8, 4) is 0 Å². The Labute approximate surface area is 162 Å². The smallest absolute Gasteiger partial charge is 0.261 e. The summed E-state index contributed by atoms with van der Waals surface area (Å²) in [5, 5.41) is 2.97. The molecule has 1 amide bonds. The lowest BCUT2D eigenvalue weighted by Gasteiger charge is -2.18. The number of rotatable bonds is 6. The van der Waals surface area contributed by atoms with E-state index >= 15 is 0 Å². The molecule has 1 aliphatic carbocycles. The molecule has 1 aliphatic rings. The van der Waals surface area contributed by atoms with E-state index in [9.17, 15) is 13.2 Å². The minimum Gasteiger partial charge on any atom is -0.353 e. The third-order valence-corrected chi connectivity index (χ3v) is 6.34. The maximum absolute atomic E-state index is 12.4. The van der Waals surface area contributed by atoms with Crippen LogP contribution in [0.25, 0.3) is 0 Å². The SMILES string of the molecule is CC(C)NC(=O)C1(c2ccc(NS(=O)(=O)c3ccc(Br)cc3)cc2)CC1. The topological polar surface area (TPSA) is 75.3 Å². The molecule has 3 rings (SSSR count). The van der Waals surface area contributed by atoms with Gasteiger partial charge in [0, 0.05) is 16.2 Å². The van der Waals surface area contributed by atoms with Crippen molar-refractivity contribution in [2.24, 2.45) is 0 Å². The standard InChI is InChI=1S/C19H21BrN2O3S/c1-13(2)21-18(23)19(11-12-19)14-3-7-16(8-4-14)22-26(24,25)17-9-5-15(20)6-10-17/h3-10,13,22H,11-12H2,1-2H3,(H,21,23). The average Bonchev–Trinajstić information content (AvgIpc) is 3.37. The minimum atomic E-state index is -3.65. The summed E-state index contributed by atoms with van der Waals surface area (Å²) in [6, 6.07) is 13.6. The van der Waals surface area contributed by atoms with E-state index in [1.165, 1.54) is 12.1 Å². The van der Waals surface area contributed by atoms with Gasteiger partial charge in [-0.05, 0) is 68.7 Å². The molecule has 0 heterocycles. The highest BCUT2D eigenvalue weighted by atomic mass is 79.9. The number of sulfonamides is 1. The minimum absolute atomic E-state index is 0.0377. The highest BCUT2D eigenvalue weighted by Gasteiger charge is 2.51. The molecule has 0 atom stereocenters. The molecular weight excluding hydrogens is 416 g/mol. The molecule has 0 unspecified atom stereocenters. The Kier molecular flexibility index (Phi) is 5.12. The molecule has 0 saturated heterocycles. The van der Waals surface area contributed by atoms with Crippen LogP contribution in [0.5, 0.6) is 0 Å². The van der Waals surface area contributed by atoms with Crippen molar-refractivity contribution in [1.82, 2.24) is 5.32 Å². The Morgan fingerprint density at radius 2 is 1.62 bits per heavy atom. The normalized spacial score (nSPS) is 15.5. The van der Waals surface area contributed by atoms with E-state index in [0.717, 1.165) is 22.9 Å². The first-order chi connectivity index (χ1) is 12.2. The van der Waals surface area contributed by atoms with Gasteiger partial charge in [-0.3, -0.25) is 9.52 Å². The van der Waals surface area contributed by atoms with Crippen molar-refractivity contribution in [3.05, 3.63) is 58.6 Å². The first-order valence-corrected chi connectivity index (χ1v) is 10.7. The number of carbonyl (C=O) groups is 1. The first kappa shape index (κ1) is 18.9. The van der Waals surface area contributed by atoms with Gasteiger partial charge in [-0.15, -0.1) is 0 Å². The van der Waals surface area contributed by atoms with E-state index in [1.54, 1.807) is 24.3 Å². The maximum Gasteiger partial charge on any atom is 0.261 e. The Hall–Kier alpha value is -1.86. The fourth-order valence-electron chi connectivity index (χ4n) is 2.86. The van der Waals surface area contributed by atoms with Gasteiger partial charge in [-0.1, -0.05) is 28.1 Å². The summed E-state index contributed by atoms with van der Waals surface area (Å²) >= 11 is 3.29. The summed E-state index contributed by atoms with van der Waals surface area (Å²) in [4.78, 5) is 12.6. The number of anilines is 1. The molecule has 0 aliphatic heterocycles. The lowest BCUT2D eigenvalue weighted by atomic mass is 9.94. The average molecular weight is 437 g/mol. The molecule has 1 fully saturated rings. The molecule has 138 valence electrons. The molecule has 7 heteroatoms. The maximum atomic E-state index is 12.4. The van der Waals surface area contributed by atoms with Crippen molar-refractivity contribution >= 4 is 37.5 Å². The zero-order valence-electron chi connectivity index (χ0n) is 14.6. The molecule has 0 spiro atoms. The molecule has 2 N–H and O–H groups in total. The van der Waals surface area contributed by atoms with Crippen molar-refractivity contribution < 1.29 is 13.2 Å². The van der Waals surface area contributed by atoms with E-state index in [0.29, 0.717) is 5.69 Å². The zero-order valence-corrected chi connectivity index (χ0v) is 17.0. The molecule has 0 bridgehead atoms. The molecule has 2 aromatic carbocycles. The molecular formula is C19H21BrN2O3S. The molecule has 0 aromatic heterocycles. The predicted molar refractivity (Wildman–Crippen MR) is 106 cm³/mol. The van der Waals surface area contributed by atoms with Gasteiger partial charge in [0.1, 0.15) is 0 Å². The second kappa shape index (κ2) is 7.04. The van der Waals surface area contributed by atoms with Gasteiger partial charge >= 0.3 is 0 Å². The van der Waals surface area contributed by atoms with Gasteiger partial charge in [-0.25, -0.2) is 8.42 Å². The monoisotopic (exact) mass is 436 g/mol. The molecule has 2 aromatic rings. The third-order valence-electron chi connectivity index (χ3n) is 4.42. The van der Waals surface area contributed by atoms with Gasteiger partial charge in [0.15, 0.2) is 0 Å². The number of halogens is 1. The number of amides is 1. The lowest BCUT2D eigenvalue weighted by Crippen LogP contribution is -2.38. The van der Waals surface area contributed by atoms with E-state index in [1.807, 2.05) is 26.0 Å². The highest BCUT2D eigenvalue weighted by Crippen LogP contribution is 2.48. The van der Waals surface area contributed by atoms with Crippen LogP contribution in [-0.2, 0) is 20.2 Å². The summed E-state index contributed by atoms with van der Waals surface area (Å²) < 4.78 is 28.3. The van der Waals surface area contributed by atoms with Gasteiger partial charge in [-0.2, -0.15) is 0 Å². The molecule has 26 heavy (non-hydrogen) atoms. The van der Waals surface area contributed by atoms with Crippen LogP contribution in [0.1, 0.15) is 32.3 Å². The van der Waals surface area contributed by atoms with Gasteiger partial charge in [0.05, 0.1) is 10.3 Å². The summed E-state index contributed by atoms with van der Waals surface area (Å²) in [6.45, 7) is 3.88. The Morgan fingerprint density at radius 3 is 2.12 bits per heavy atom. The van der Waals surface area contributed by atoms with Gasteiger partial charge in [0.25, 0.3) is 10.0 Å². The summed E-state index contributed by atoms with van der Waals surface area (Å²) in [7, 11) is -3.65. The number of nitrogens with one attached hydrogen (secondary N) is 2. The number of carbonyl (C=O) groups excluding carboxylic acids is 1. The van der Waals surface area contributed by atoms with E-state index in [2.05, 4.69) is 26.0 Å². The van der Waals surface area contributed by atoms with Crippen LogP contribution >= 0.6 is 15.9 Å².